The van der Waals surface area contributed by atoms with Crippen molar-refractivity contribution in [3.8, 4) is 16.9 Å². The van der Waals surface area contributed by atoms with Crippen LogP contribution >= 0.6 is 0 Å². The summed E-state index contributed by atoms with van der Waals surface area (Å²) in [7, 11) is 2.02. The molecule has 0 saturated heterocycles. The van der Waals surface area contributed by atoms with Gasteiger partial charge in [0.2, 0.25) is 0 Å². The van der Waals surface area contributed by atoms with Crippen molar-refractivity contribution in [3.63, 3.8) is 0 Å². The standard InChI is InChI=1S/C19H20N2O3/c1-12-17(13-7-9-20-10-8-13)15-11-14(5-6-16(15)21(12)4)24-19(2,3)18(22)23/h5-11H,1-4H3,(H,22,23). The maximum atomic E-state index is 11.3. The molecule has 0 amide bonds. The van der Waals surface area contributed by atoms with E-state index < -0.39 is 11.6 Å². The first kappa shape index (κ1) is 16.1. The summed E-state index contributed by atoms with van der Waals surface area (Å²) in [6.07, 6.45) is 3.53. The Kier molecular flexibility index (Phi) is 3.79. The smallest absolute Gasteiger partial charge is 0.347 e. The highest BCUT2D eigenvalue weighted by Crippen LogP contribution is 2.36. The quantitative estimate of drug-likeness (QED) is 0.793. The molecule has 0 aliphatic rings. The van der Waals surface area contributed by atoms with Crippen LogP contribution in [0.2, 0.25) is 0 Å². The van der Waals surface area contributed by atoms with E-state index in [-0.39, 0.29) is 0 Å². The molecule has 2 heterocycles. The highest BCUT2D eigenvalue weighted by Gasteiger charge is 2.29. The normalized spacial score (nSPS) is 11.7. The van der Waals surface area contributed by atoms with Gasteiger partial charge in [0.05, 0.1) is 0 Å². The number of pyridine rings is 1. The second kappa shape index (κ2) is 5.67. The minimum atomic E-state index is -1.28. The van der Waals surface area contributed by atoms with Crippen molar-refractivity contribution in [2.45, 2.75) is 26.4 Å². The number of aliphatic carboxylic acids is 1. The van der Waals surface area contributed by atoms with E-state index in [9.17, 15) is 9.90 Å². The summed E-state index contributed by atoms with van der Waals surface area (Å²) in [6, 6.07) is 9.61. The number of hydrogen-bond acceptors (Lipinski definition) is 3. The van der Waals surface area contributed by atoms with E-state index in [2.05, 4.69) is 16.5 Å². The Balaban J connectivity index is 2.17. The van der Waals surface area contributed by atoms with Crippen molar-refractivity contribution in [2.24, 2.45) is 7.05 Å². The zero-order valence-electron chi connectivity index (χ0n) is 14.2. The molecule has 2 aromatic heterocycles. The van der Waals surface area contributed by atoms with E-state index in [1.807, 2.05) is 37.4 Å². The van der Waals surface area contributed by atoms with E-state index in [0.717, 1.165) is 27.7 Å². The van der Waals surface area contributed by atoms with Crippen LogP contribution in [0.15, 0.2) is 42.7 Å². The predicted octanol–water partition coefficient (Wildman–Crippen LogP) is 3.79. The van der Waals surface area contributed by atoms with Crippen molar-refractivity contribution in [1.82, 2.24) is 9.55 Å². The van der Waals surface area contributed by atoms with Crippen LogP contribution in [0.5, 0.6) is 5.75 Å². The molecule has 0 bridgehead atoms. The second-order valence-corrected chi connectivity index (χ2v) is 6.35. The topological polar surface area (TPSA) is 64.3 Å². The van der Waals surface area contributed by atoms with Gasteiger partial charge in [0.15, 0.2) is 5.60 Å². The average Bonchev–Trinajstić information content (AvgIpc) is 2.79. The largest absolute Gasteiger partial charge is 0.478 e. The van der Waals surface area contributed by atoms with Gasteiger partial charge in [0.1, 0.15) is 5.75 Å². The Morgan fingerprint density at radius 3 is 2.50 bits per heavy atom. The van der Waals surface area contributed by atoms with Gasteiger partial charge in [-0.05, 0) is 56.7 Å². The zero-order valence-corrected chi connectivity index (χ0v) is 14.2. The lowest BCUT2D eigenvalue weighted by molar-refractivity contribution is -0.152. The molecule has 0 aliphatic heterocycles. The number of hydrogen-bond donors (Lipinski definition) is 1. The molecule has 3 aromatic rings. The van der Waals surface area contributed by atoms with Crippen molar-refractivity contribution in [1.29, 1.82) is 0 Å². The lowest BCUT2D eigenvalue weighted by atomic mass is 10.0. The number of ether oxygens (including phenoxy) is 1. The molecule has 1 aromatic carbocycles. The molecule has 1 N–H and O–H groups in total. The number of rotatable bonds is 4. The van der Waals surface area contributed by atoms with Crippen molar-refractivity contribution in [3.05, 3.63) is 48.4 Å². The third kappa shape index (κ3) is 2.62. The molecule has 124 valence electrons. The van der Waals surface area contributed by atoms with Gasteiger partial charge >= 0.3 is 5.97 Å². The fraction of sp³-hybridized carbons (Fsp3) is 0.263. The van der Waals surface area contributed by atoms with Crippen LogP contribution < -0.4 is 4.74 Å². The van der Waals surface area contributed by atoms with E-state index in [1.54, 1.807) is 26.2 Å². The SMILES string of the molecule is Cc1c(-c2ccncc2)c2cc(OC(C)(C)C(=O)O)ccc2n1C. The molecule has 0 spiro atoms. The Bertz CT molecular complexity index is 911. The number of fused-ring (bicyclic) bond motifs is 1. The third-order valence-electron chi connectivity index (χ3n) is 4.32. The molecular weight excluding hydrogens is 304 g/mol. The van der Waals surface area contributed by atoms with E-state index in [4.69, 9.17) is 4.74 Å². The van der Waals surface area contributed by atoms with Gasteiger partial charge in [-0.2, -0.15) is 0 Å². The molecule has 0 atom stereocenters. The second-order valence-electron chi connectivity index (χ2n) is 6.35. The maximum absolute atomic E-state index is 11.3. The summed E-state index contributed by atoms with van der Waals surface area (Å²) in [4.78, 5) is 15.4. The molecule has 0 aliphatic carbocycles. The van der Waals surface area contributed by atoms with Gasteiger partial charge in [-0.3, -0.25) is 4.98 Å². The van der Waals surface area contributed by atoms with Crippen molar-refractivity contribution >= 4 is 16.9 Å². The summed E-state index contributed by atoms with van der Waals surface area (Å²) in [5.41, 5.74) is 3.09. The van der Waals surface area contributed by atoms with Crippen LogP contribution in [0.25, 0.3) is 22.0 Å². The summed E-state index contributed by atoms with van der Waals surface area (Å²) in [6.45, 7) is 5.15. The lowest BCUT2D eigenvalue weighted by Crippen LogP contribution is -2.37. The predicted molar refractivity (Wildman–Crippen MR) is 93.2 cm³/mol. The van der Waals surface area contributed by atoms with Gasteiger partial charge in [0, 0.05) is 41.6 Å². The van der Waals surface area contributed by atoms with Gasteiger partial charge in [-0.1, -0.05) is 0 Å². The molecule has 5 nitrogen and oxygen atoms in total. The number of carboxylic acid groups (broad SMARTS) is 1. The molecule has 3 rings (SSSR count). The van der Waals surface area contributed by atoms with E-state index in [0.29, 0.717) is 5.75 Å². The number of aromatic nitrogens is 2. The Morgan fingerprint density at radius 2 is 1.88 bits per heavy atom. The van der Waals surface area contributed by atoms with Crippen LogP contribution in [0.4, 0.5) is 0 Å². The summed E-state index contributed by atoms with van der Waals surface area (Å²) < 4.78 is 7.81. The number of aryl methyl sites for hydroxylation is 1. The Morgan fingerprint density at radius 1 is 1.21 bits per heavy atom. The number of nitrogens with zero attached hydrogens (tertiary/aromatic N) is 2. The minimum absolute atomic E-state index is 0.538. The zero-order chi connectivity index (χ0) is 17.5. The first-order valence-electron chi connectivity index (χ1n) is 7.73. The Labute approximate surface area is 140 Å². The summed E-state index contributed by atoms with van der Waals surface area (Å²) in [5, 5.41) is 10.3. The molecule has 24 heavy (non-hydrogen) atoms. The van der Waals surface area contributed by atoms with Crippen LogP contribution in [0, 0.1) is 6.92 Å². The minimum Gasteiger partial charge on any atom is -0.478 e. The fourth-order valence-corrected chi connectivity index (χ4v) is 2.84. The average molecular weight is 324 g/mol. The number of carbonyl (C=O) groups is 1. The number of carboxylic acids is 1. The van der Waals surface area contributed by atoms with Gasteiger partial charge in [0.25, 0.3) is 0 Å². The molecule has 0 fully saturated rings. The first-order chi connectivity index (χ1) is 11.3. The first-order valence-corrected chi connectivity index (χ1v) is 7.73. The Hall–Kier alpha value is -2.82. The van der Waals surface area contributed by atoms with Gasteiger partial charge in [-0.25, -0.2) is 4.79 Å². The summed E-state index contributed by atoms with van der Waals surface area (Å²) in [5.74, 6) is -0.461. The van der Waals surface area contributed by atoms with Crippen LogP contribution in [-0.2, 0) is 11.8 Å². The van der Waals surface area contributed by atoms with Gasteiger partial charge in [-0.15, -0.1) is 0 Å². The molecule has 0 saturated carbocycles. The van der Waals surface area contributed by atoms with Crippen LogP contribution in [-0.4, -0.2) is 26.2 Å². The highest BCUT2D eigenvalue weighted by atomic mass is 16.5. The molecular formula is C19H20N2O3. The fourth-order valence-electron chi connectivity index (χ4n) is 2.84. The molecule has 5 heteroatoms. The third-order valence-corrected chi connectivity index (χ3v) is 4.32. The monoisotopic (exact) mass is 324 g/mol. The molecule has 0 radical (unpaired) electrons. The lowest BCUT2D eigenvalue weighted by Gasteiger charge is -2.21. The van der Waals surface area contributed by atoms with Crippen LogP contribution in [0.3, 0.4) is 0 Å². The van der Waals surface area contributed by atoms with E-state index in [1.165, 1.54) is 0 Å². The van der Waals surface area contributed by atoms with E-state index >= 15 is 0 Å². The van der Waals surface area contributed by atoms with Crippen molar-refractivity contribution in [2.75, 3.05) is 0 Å². The molecule has 0 unspecified atom stereocenters. The highest BCUT2D eigenvalue weighted by molar-refractivity contribution is 5.98. The maximum Gasteiger partial charge on any atom is 0.347 e. The van der Waals surface area contributed by atoms with Gasteiger partial charge < -0.3 is 14.4 Å². The number of benzene rings is 1. The van der Waals surface area contributed by atoms with Crippen molar-refractivity contribution < 1.29 is 14.6 Å². The van der Waals surface area contributed by atoms with Crippen LogP contribution in [0.1, 0.15) is 19.5 Å². The summed E-state index contributed by atoms with van der Waals surface area (Å²) >= 11 is 0.